The minimum Gasteiger partial charge on any atom is -0.449 e. The first kappa shape index (κ1) is 13.1. The molecule has 0 radical (unpaired) electrons. The average Bonchev–Trinajstić information content (AvgIpc) is 2.73. The predicted molar refractivity (Wildman–Crippen MR) is 72.1 cm³/mol. The van der Waals surface area contributed by atoms with Crippen LogP contribution < -0.4 is 0 Å². The van der Waals surface area contributed by atoms with Crippen molar-refractivity contribution in [3.63, 3.8) is 0 Å². The van der Waals surface area contributed by atoms with Crippen molar-refractivity contribution in [1.82, 2.24) is 9.88 Å². The van der Waals surface area contributed by atoms with Crippen LogP contribution in [0.4, 0.5) is 4.79 Å². The Morgan fingerprint density at radius 2 is 2.33 bits per heavy atom. The lowest BCUT2D eigenvalue weighted by Gasteiger charge is -2.22. The van der Waals surface area contributed by atoms with E-state index in [-0.39, 0.29) is 11.5 Å². The molecule has 1 amide bonds. The molecular weight excluding hydrogens is 248 g/mol. The molecule has 1 aromatic rings. The maximum atomic E-state index is 11.9. The van der Waals surface area contributed by atoms with E-state index in [1.165, 1.54) is 0 Å². The molecule has 2 rings (SSSR count). The quantitative estimate of drug-likeness (QED) is 0.822. The third-order valence-corrected chi connectivity index (χ3v) is 3.54. The maximum Gasteiger partial charge on any atom is 0.414 e. The Bertz CT molecular complexity index is 460. The highest BCUT2D eigenvalue weighted by molar-refractivity contribution is 7.09. The van der Waals surface area contributed by atoms with Crippen LogP contribution in [0.1, 0.15) is 37.8 Å². The molecule has 1 aliphatic heterocycles. The molecule has 0 atom stereocenters. The number of carbonyl (C=O) groups is 1. The standard InChI is InChI=1S/C13H18N2O2S/c1-13(2,3)5-7-17-12(16)15-6-4-10-11(8-15)18-9-14-10/h4,6,9H,5,7-8H2,1-3H3. The minimum absolute atomic E-state index is 0.183. The van der Waals surface area contributed by atoms with E-state index in [2.05, 4.69) is 25.8 Å². The molecule has 18 heavy (non-hydrogen) atoms. The van der Waals surface area contributed by atoms with Gasteiger partial charge in [-0.1, -0.05) is 20.8 Å². The molecule has 0 fully saturated rings. The van der Waals surface area contributed by atoms with Crippen molar-refractivity contribution in [2.24, 2.45) is 5.41 Å². The number of amides is 1. The van der Waals surface area contributed by atoms with Gasteiger partial charge in [-0.05, 0) is 17.9 Å². The lowest BCUT2D eigenvalue weighted by Crippen LogP contribution is -2.28. The summed E-state index contributed by atoms with van der Waals surface area (Å²) in [5, 5.41) is 0. The van der Waals surface area contributed by atoms with Crippen LogP contribution in [0, 0.1) is 5.41 Å². The highest BCUT2D eigenvalue weighted by Gasteiger charge is 2.20. The minimum atomic E-state index is -0.283. The highest BCUT2D eigenvalue weighted by Crippen LogP contribution is 2.23. The number of rotatable bonds is 2. The monoisotopic (exact) mass is 266 g/mol. The second-order valence-corrected chi connectivity index (χ2v) is 6.47. The SMILES string of the molecule is CC(C)(C)CCOC(=O)N1C=Cc2ncsc2C1. The molecular formula is C13H18N2O2S. The van der Waals surface area contributed by atoms with Crippen molar-refractivity contribution < 1.29 is 9.53 Å². The normalized spacial score (nSPS) is 14.5. The lowest BCUT2D eigenvalue weighted by molar-refractivity contribution is 0.103. The van der Waals surface area contributed by atoms with E-state index in [0.717, 1.165) is 17.0 Å². The van der Waals surface area contributed by atoms with E-state index >= 15 is 0 Å². The zero-order valence-electron chi connectivity index (χ0n) is 11.0. The van der Waals surface area contributed by atoms with Crippen molar-refractivity contribution in [2.75, 3.05) is 6.61 Å². The number of aromatic nitrogens is 1. The Kier molecular flexibility index (Phi) is 3.71. The van der Waals surface area contributed by atoms with Gasteiger partial charge >= 0.3 is 6.09 Å². The van der Waals surface area contributed by atoms with Crippen molar-refractivity contribution in [2.45, 2.75) is 33.7 Å². The first-order chi connectivity index (χ1) is 8.46. The Balaban J connectivity index is 1.85. The van der Waals surface area contributed by atoms with Gasteiger partial charge in [-0.2, -0.15) is 0 Å². The van der Waals surface area contributed by atoms with Crippen LogP contribution in [0.5, 0.6) is 0 Å². The van der Waals surface area contributed by atoms with Crippen molar-refractivity contribution in [3.05, 3.63) is 22.3 Å². The van der Waals surface area contributed by atoms with E-state index in [9.17, 15) is 4.79 Å². The molecule has 98 valence electrons. The summed E-state index contributed by atoms with van der Waals surface area (Å²) in [6.45, 7) is 7.41. The summed E-state index contributed by atoms with van der Waals surface area (Å²) < 4.78 is 5.27. The summed E-state index contributed by atoms with van der Waals surface area (Å²) in [5.41, 5.74) is 2.94. The van der Waals surface area contributed by atoms with Gasteiger partial charge in [0.25, 0.3) is 0 Å². The number of thiazole rings is 1. The van der Waals surface area contributed by atoms with Crippen LogP contribution in [0.25, 0.3) is 6.08 Å². The summed E-state index contributed by atoms with van der Waals surface area (Å²) in [4.78, 5) is 18.7. The molecule has 0 spiro atoms. The molecule has 4 nitrogen and oxygen atoms in total. The van der Waals surface area contributed by atoms with Gasteiger partial charge < -0.3 is 4.74 Å². The Morgan fingerprint density at radius 1 is 1.56 bits per heavy atom. The van der Waals surface area contributed by atoms with Gasteiger partial charge in [0.2, 0.25) is 0 Å². The summed E-state index contributed by atoms with van der Waals surface area (Å²) in [6, 6.07) is 0. The molecule has 0 saturated carbocycles. The zero-order valence-corrected chi connectivity index (χ0v) is 11.8. The van der Waals surface area contributed by atoms with Gasteiger partial charge in [0.15, 0.2) is 0 Å². The lowest BCUT2D eigenvalue weighted by atomic mass is 9.93. The molecule has 0 aliphatic carbocycles. The van der Waals surface area contributed by atoms with Crippen LogP contribution in [0.3, 0.4) is 0 Å². The molecule has 5 heteroatoms. The third-order valence-electron chi connectivity index (χ3n) is 2.71. The van der Waals surface area contributed by atoms with Gasteiger partial charge in [0.1, 0.15) is 0 Å². The van der Waals surface area contributed by atoms with Crippen molar-refractivity contribution in [1.29, 1.82) is 0 Å². The predicted octanol–water partition coefficient (Wildman–Crippen LogP) is 3.50. The molecule has 0 saturated heterocycles. The number of carbonyl (C=O) groups excluding carboxylic acids is 1. The molecule has 1 aliphatic rings. The van der Waals surface area contributed by atoms with E-state index < -0.39 is 0 Å². The Morgan fingerprint density at radius 3 is 3.06 bits per heavy atom. The molecule has 0 bridgehead atoms. The van der Waals surface area contributed by atoms with Gasteiger partial charge in [-0.15, -0.1) is 11.3 Å². The van der Waals surface area contributed by atoms with Gasteiger partial charge in [0.05, 0.1) is 29.2 Å². The van der Waals surface area contributed by atoms with Crippen LogP contribution in [-0.2, 0) is 11.3 Å². The van der Waals surface area contributed by atoms with E-state index in [0.29, 0.717) is 13.2 Å². The topological polar surface area (TPSA) is 42.4 Å². The van der Waals surface area contributed by atoms with Crippen molar-refractivity contribution in [3.8, 4) is 0 Å². The average molecular weight is 266 g/mol. The van der Waals surface area contributed by atoms with Gasteiger partial charge in [-0.25, -0.2) is 9.78 Å². The van der Waals surface area contributed by atoms with Gasteiger partial charge in [-0.3, -0.25) is 4.90 Å². The maximum absolute atomic E-state index is 11.9. The van der Waals surface area contributed by atoms with Crippen molar-refractivity contribution >= 4 is 23.5 Å². The number of hydrogen-bond acceptors (Lipinski definition) is 4. The highest BCUT2D eigenvalue weighted by atomic mass is 32.1. The second kappa shape index (κ2) is 5.10. The van der Waals surface area contributed by atoms with E-state index in [1.54, 1.807) is 27.9 Å². The van der Waals surface area contributed by atoms with Crippen LogP contribution in [0.15, 0.2) is 11.7 Å². The summed E-state index contributed by atoms with van der Waals surface area (Å²) in [5.74, 6) is 0. The van der Waals surface area contributed by atoms with Crippen LogP contribution >= 0.6 is 11.3 Å². The molecule has 1 aromatic heterocycles. The zero-order chi connectivity index (χ0) is 13.2. The molecule has 2 heterocycles. The first-order valence-electron chi connectivity index (χ1n) is 6.00. The summed E-state index contributed by atoms with van der Waals surface area (Å²) >= 11 is 1.56. The number of hydrogen-bond donors (Lipinski definition) is 0. The molecule has 0 N–H and O–H groups in total. The summed E-state index contributed by atoms with van der Waals surface area (Å²) in [6.07, 6.45) is 4.17. The smallest absolute Gasteiger partial charge is 0.414 e. The fourth-order valence-electron chi connectivity index (χ4n) is 1.55. The second-order valence-electron chi connectivity index (χ2n) is 5.53. The molecule has 0 aromatic carbocycles. The summed E-state index contributed by atoms with van der Waals surface area (Å²) in [7, 11) is 0. The fourth-order valence-corrected chi connectivity index (χ4v) is 2.30. The Labute approximate surface area is 111 Å². The number of fused-ring (bicyclic) bond motifs is 1. The molecule has 0 unspecified atom stereocenters. The van der Waals surface area contributed by atoms with Crippen LogP contribution in [0.2, 0.25) is 0 Å². The van der Waals surface area contributed by atoms with E-state index in [4.69, 9.17) is 4.74 Å². The van der Waals surface area contributed by atoms with Gasteiger partial charge in [0, 0.05) is 6.20 Å². The van der Waals surface area contributed by atoms with E-state index in [1.807, 2.05) is 6.08 Å². The largest absolute Gasteiger partial charge is 0.449 e. The number of nitrogens with zero attached hydrogens (tertiary/aromatic N) is 2. The van der Waals surface area contributed by atoms with Crippen LogP contribution in [-0.4, -0.2) is 22.6 Å². The Hall–Kier alpha value is -1.36. The fraction of sp³-hybridized carbons (Fsp3) is 0.538. The number of ether oxygens (including phenoxy) is 1. The third kappa shape index (κ3) is 3.32. The first-order valence-corrected chi connectivity index (χ1v) is 6.88.